The summed E-state index contributed by atoms with van der Waals surface area (Å²) in [6.07, 6.45) is 0. The van der Waals surface area contributed by atoms with Gasteiger partial charge >= 0.3 is 0 Å². The fraction of sp³-hybridized carbons (Fsp3) is 0.185. The van der Waals surface area contributed by atoms with Crippen molar-refractivity contribution in [2.45, 2.75) is 20.0 Å². The van der Waals surface area contributed by atoms with Gasteiger partial charge in [-0.15, -0.1) is 0 Å². The number of nitrogens with zero attached hydrogens (tertiary/aromatic N) is 1. The molecule has 34 heavy (non-hydrogen) atoms. The molecule has 1 aromatic heterocycles. The standard InChI is InChI=1S/C27H25N3O3S/c1-18-6-5-9-22(12-18)28-27(34)30(16-19-7-3-2-4-8-19)17-21-13-20-14-24-25(33-11-10-32-24)15-23(20)29-26(21)31/h2-9,12-15H,10-11,16-17H2,1H3,(H,28,34)(H,29,31). The third-order valence-corrected chi connectivity index (χ3v) is 6.08. The lowest BCUT2D eigenvalue weighted by Crippen LogP contribution is -2.35. The van der Waals surface area contributed by atoms with E-state index >= 15 is 0 Å². The first kappa shape index (κ1) is 22.0. The highest BCUT2D eigenvalue weighted by Gasteiger charge is 2.17. The van der Waals surface area contributed by atoms with Crippen LogP contribution in [0.5, 0.6) is 11.5 Å². The van der Waals surface area contributed by atoms with Crippen molar-refractivity contribution in [2.24, 2.45) is 0 Å². The van der Waals surface area contributed by atoms with Gasteiger partial charge in [-0.1, -0.05) is 42.5 Å². The molecule has 172 valence electrons. The van der Waals surface area contributed by atoms with Crippen LogP contribution in [0, 0.1) is 6.92 Å². The first-order valence-corrected chi connectivity index (χ1v) is 11.6. The van der Waals surface area contributed by atoms with Crippen LogP contribution in [0.1, 0.15) is 16.7 Å². The summed E-state index contributed by atoms with van der Waals surface area (Å²) in [6, 6.07) is 23.8. The third kappa shape index (κ3) is 4.89. The molecule has 1 aliphatic rings. The molecule has 0 bridgehead atoms. The SMILES string of the molecule is Cc1cccc(NC(=S)N(Cc2ccccc2)Cc2cc3cc4c(cc3[nH]c2=O)OCCO4)c1. The Balaban J connectivity index is 1.46. The number of H-pyrrole nitrogens is 1. The highest BCUT2D eigenvalue weighted by molar-refractivity contribution is 7.80. The summed E-state index contributed by atoms with van der Waals surface area (Å²) in [7, 11) is 0. The van der Waals surface area contributed by atoms with E-state index in [9.17, 15) is 4.79 Å². The molecule has 3 aromatic carbocycles. The van der Waals surface area contributed by atoms with E-state index in [0.29, 0.717) is 54.0 Å². The second-order valence-electron chi connectivity index (χ2n) is 8.35. The van der Waals surface area contributed by atoms with Crippen LogP contribution in [-0.4, -0.2) is 28.2 Å². The molecule has 2 N–H and O–H groups in total. The number of hydrogen-bond acceptors (Lipinski definition) is 4. The third-order valence-electron chi connectivity index (χ3n) is 5.72. The summed E-state index contributed by atoms with van der Waals surface area (Å²) in [5.74, 6) is 1.34. The Hall–Kier alpha value is -3.84. The van der Waals surface area contributed by atoms with Crippen LogP contribution in [-0.2, 0) is 13.1 Å². The molecule has 2 heterocycles. The summed E-state index contributed by atoms with van der Waals surface area (Å²) >= 11 is 5.78. The number of pyridine rings is 1. The zero-order chi connectivity index (χ0) is 23.5. The van der Waals surface area contributed by atoms with Crippen molar-refractivity contribution in [3.05, 3.63) is 99.8 Å². The first-order chi connectivity index (χ1) is 16.5. The highest BCUT2D eigenvalue weighted by atomic mass is 32.1. The van der Waals surface area contributed by atoms with Gasteiger partial charge in [0.1, 0.15) is 13.2 Å². The van der Waals surface area contributed by atoms with E-state index in [1.54, 1.807) is 0 Å². The van der Waals surface area contributed by atoms with E-state index in [1.165, 1.54) is 0 Å². The van der Waals surface area contributed by atoms with Gasteiger partial charge in [0.05, 0.1) is 12.1 Å². The van der Waals surface area contributed by atoms with Gasteiger partial charge in [-0.2, -0.15) is 0 Å². The molecular formula is C27H25N3O3S. The largest absolute Gasteiger partial charge is 0.486 e. The number of hydrogen-bond donors (Lipinski definition) is 2. The van der Waals surface area contributed by atoms with Crippen molar-refractivity contribution in [3.8, 4) is 11.5 Å². The van der Waals surface area contributed by atoms with Crippen LogP contribution in [0.25, 0.3) is 10.9 Å². The highest BCUT2D eigenvalue weighted by Crippen LogP contribution is 2.33. The lowest BCUT2D eigenvalue weighted by atomic mass is 10.1. The molecule has 1 aliphatic heterocycles. The Kier molecular flexibility index (Phi) is 6.18. The molecule has 7 heteroatoms. The molecule has 0 saturated carbocycles. The van der Waals surface area contributed by atoms with E-state index in [1.807, 2.05) is 72.5 Å². The van der Waals surface area contributed by atoms with E-state index in [-0.39, 0.29) is 5.56 Å². The summed E-state index contributed by atoms with van der Waals surface area (Å²) in [4.78, 5) is 18.0. The first-order valence-electron chi connectivity index (χ1n) is 11.2. The number of fused-ring (bicyclic) bond motifs is 2. The molecule has 6 nitrogen and oxygen atoms in total. The topological polar surface area (TPSA) is 66.6 Å². The second-order valence-corrected chi connectivity index (χ2v) is 8.73. The Morgan fingerprint density at radius 1 is 0.971 bits per heavy atom. The van der Waals surface area contributed by atoms with Crippen LogP contribution >= 0.6 is 12.2 Å². The average molecular weight is 472 g/mol. The lowest BCUT2D eigenvalue weighted by molar-refractivity contribution is 0.172. The predicted molar refractivity (Wildman–Crippen MR) is 139 cm³/mol. The van der Waals surface area contributed by atoms with Crippen molar-refractivity contribution >= 4 is 33.9 Å². The van der Waals surface area contributed by atoms with Crippen molar-refractivity contribution in [3.63, 3.8) is 0 Å². The van der Waals surface area contributed by atoms with Gasteiger partial charge in [-0.25, -0.2) is 0 Å². The lowest BCUT2D eigenvalue weighted by Gasteiger charge is -2.26. The maximum absolute atomic E-state index is 13.0. The predicted octanol–water partition coefficient (Wildman–Crippen LogP) is 5.01. The van der Waals surface area contributed by atoms with Crippen LogP contribution in [0.3, 0.4) is 0 Å². The number of rotatable bonds is 5. The smallest absolute Gasteiger partial charge is 0.253 e. The molecule has 0 unspecified atom stereocenters. The molecule has 4 aromatic rings. The Morgan fingerprint density at radius 2 is 1.74 bits per heavy atom. The fourth-order valence-electron chi connectivity index (χ4n) is 4.04. The summed E-state index contributed by atoms with van der Waals surface area (Å²) in [5.41, 5.74) is 4.34. The normalized spacial score (nSPS) is 12.4. The summed E-state index contributed by atoms with van der Waals surface area (Å²) in [5, 5.41) is 4.77. The van der Waals surface area contributed by atoms with Crippen molar-refractivity contribution in [2.75, 3.05) is 18.5 Å². The molecule has 0 fully saturated rings. The molecule has 5 rings (SSSR count). The van der Waals surface area contributed by atoms with E-state index in [0.717, 1.165) is 22.2 Å². The number of aryl methyl sites for hydroxylation is 1. The fourth-order valence-corrected chi connectivity index (χ4v) is 4.29. The number of aromatic amines is 1. The minimum Gasteiger partial charge on any atom is -0.486 e. The Morgan fingerprint density at radius 3 is 2.50 bits per heavy atom. The molecule has 0 aliphatic carbocycles. The zero-order valence-corrected chi connectivity index (χ0v) is 19.7. The quantitative estimate of drug-likeness (QED) is 0.399. The van der Waals surface area contributed by atoms with E-state index < -0.39 is 0 Å². The van der Waals surface area contributed by atoms with Gasteiger partial charge in [0.15, 0.2) is 16.6 Å². The van der Waals surface area contributed by atoms with Crippen molar-refractivity contribution in [1.82, 2.24) is 9.88 Å². The van der Waals surface area contributed by atoms with Crippen LogP contribution in [0.2, 0.25) is 0 Å². The van der Waals surface area contributed by atoms with Crippen LogP contribution in [0.4, 0.5) is 5.69 Å². The summed E-state index contributed by atoms with van der Waals surface area (Å²) in [6.45, 7) is 3.97. The van der Waals surface area contributed by atoms with Gasteiger partial charge in [-0.05, 0) is 54.5 Å². The number of ether oxygens (including phenoxy) is 2. The van der Waals surface area contributed by atoms with Crippen molar-refractivity contribution < 1.29 is 9.47 Å². The Labute approximate surface area is 203 Å². The monoisotopic (exact) mass is 471 g/mol. The second kappa shape index (κ2) is 9.57. The minimum absolute atomic E-state index is 0.152. The minimum atomic E-state index is -0.152. The molecule has 0 atom stereocenters. The Bertz CT molecular complexity index is 1400. The van der Waals surface area contributed by atoms with Gasteiger partial charge in [-0.3, -0.25) is 4.79 Å². The van der Waals surface area contributed by atoms with Crippen LogP contribution < -0.4 is 20.3 Å². The van der Waals surface area contributed by atoms with Crippen LogP contribution in [0.15, 0.2) is 77.6 Å². The number of anilines is 1. The van der Waals surface area contributed by atoms with Gasteiger partial charge in [0, 0.05) is 29.2 Å². The zero-order valence-electron chi connectivity index (χ0n) is 18.8. The summed E-state index contributed by atoms with van der Waals surface area (Å²) < 4.78 is 11.4. The molecule has 0 amide bonds. The van der Waals surface area contributed by atoms with Gasteiger partial charge < -0.3 is 24.7 Å². The van der Waals surface area contributed by atoms with Gasteiger partial charge in [0.2, 0.25) is 0 Å². The molecular weight excluding hydrogens is 446 g/mol. The number of benzene rings is 3. The molecule has 0 spiro atoms. The number of aromatic nitrogens is 1. The van der Waals surface area contributed by atoms with Crippen molar-refractivity contribution in [1.29, 1.82) is 0 Å². The molecule has 0 radical (unpaired) electrons. The molecule has 0 saturated heterocycles. The van der Waals surface area contributed by atoms with Gasteiger partial charge in [0.25, 0.3) is 5.56 Å². The number of thiocarbonyl (C=S) groups is 1. The maximum Gasteiger partial charge on any atom is 0.253 e. The van der Waals surface area contributed by atoms with E-state index in [2.05, 4.69) is 22.4 Å². The van der Waals surface area contributed by atoms with E-state index in [4.69, 9.17) is 21.7 Å². The number of nitrogens with one attached hydrogen (secondary N) is 2. The maximum atomic E-state index is 13.0. The average Bonchev–Trinajstić information content (AvgIpc) is 2.83.